The fourth-order valence-electron chi connectivity index (χ4n) is 1.02. The molecule has 0 fully saturated rings. The number of aromatic amines is 1. The molecule has 0 saturated heterocycles. The van der Waals surface area contributed by atoms with Gasteiger partial charge in [-0.1, -0.05) is 0 Å². The van der Waals surface area contributed by atoms with Crippen molar-refractivity contribution in [2.75, 3.05) is 4.93 Å². The molecule has 1 N–H and O–H groups in total. The van der Waals surface area contributed by atoms with E-state index in [4.69, 9.17) is 0 Å². The number of hydrogen-bond donors (Lipinski definition) is 1. The van der Waals surface area contributed by atoms with Crippen LogP contribution in [-0.4, -0.2) is 14.9 Å². The zero-order chi connectivity index (χ0) is 7.68. The summed E-state index contributed by atoms with van der Waals surface area (Å²) < 4.78 is 1.40. The van der Waals surface area contributed by atoms with Crippen LogP contribution in [0, 0.1) is 3.57 Å². The average molecular weight is 259 g/mol. The van der Waals surface area contributed by atoms with Crippen LogP contribution in [0.2, 0.25) is 0 Å². The summed E-state index contributed by atoms with van der Waals surface area (Å²) in [6, 6.07) is 4.28. The summed E-state index contributed by atoms with van der Waals surface area (Å²) in [5.74, 6) is 0. The van der Waals surface area contributed by atoms with Crippen LogP contribution in [0.15, 0.2) is 24.5 Å². The van der Waals surface area contributed by atoms with E-state index in [-0.39, 0.29) is 21.2 Å². The summed E-state index contributed by atoms with van der Waals surface area (Å²) in [6.07, 6.45) is 3.89. The second-order valence-corrected chi connectivity index (χ2v) is 4.58. The molecule has 0 spiro atoms. The molecule has 0 saturated carbocycles. The summed E-state index contributed by atoms with van der Waals surface area (Å²) in [6.45, 7) is 0. The maximum absolute atomic E-state index is 4.28. The van der Waals surface area contributed by atoms with Gasteiger partial charge >= 0.3 is 75.2 Å². The van der Waals surface area contributed by atoms with Gasteiger partial charge in [-0.2, -0.15) is 0 Å². The molecule has 58 valence electrons. The Balaban J connectivity index is 2.67. The second kappa shape index (κ2) is 2.81. The van der Waals surface area contributed by atoms with Crippen molar-refractivity contribution in [2.24, 2.45) is 0 Å². The van der Waals surface area contributed by atoms with E-state index < -0.39 is 0 Å². The monoisotopic (exact) mass is 259 g/mol. The van der Waals surface area contributed by atoms with E-state index in [0.29, 0.717) is 0 Å². The second-order valence-electron chi connectivity index (χ2n) is 2.26. The first-order valence-corrected chi connectivity index (χ1v) is 6.56. The first-order chi connectivity index (χ1) is 5.40. The number of nitrogens with zero attached hydrogens (tertiary/aromatic N) is 1. The fraction of sp³-hybridized carbons (Fsp3) is 0.125. The molecule has 2 rings (SSSR count). The molecule has 2 heterocycles. The van der Waals surface area contributed by atoms with Crippen LogP contribution in [0.5, 0.6) is 0 Å². The molecule has 0 unspecified atom stereocenters. The van der Waals surface area contributed by atoms with Crippen LogP contribution >= 0.6 is 0 Å². The van der Waals surface area contributed by atoms with Crippen molar-refractivity contribution in [2.45, 2.75) is 0 Å². The van der Waals surface area contributed by atoms with Crippen molar-refractivity contribution in [3.8, 4) is 0 Å². The predicted octanol–water partition coefficient (Wildman–Crippen LogP) is -1.55. The van der Waals surface area contributed by atoms with E-state index in [0.717, 1.165) is 5.65 Å². The van der Waals surface area contributed by atoms with E-state index in [2.05, 4.69) is 27.0 Å². The van der Waals surface area contributed by atoms with Gasteiger partial charge in [0.15, 0.2) is 0 Å². The van der Waals surface area contributed by atoms with Crippen molar-refractivity contribution in [1.82, 2.24) is 9.97 Å². The first-order valence-electron chi connectivity index (χ1n) is 3.33. The summed E-state index contributed by atoms with van der Waals surface area (Å²) in [5, 5.41) is 1.23. The quantitative estimate of drug-likeness (QED) is 0.487. The van der Waals surface area contributed by atoms with Gasteiger partial charge in [0.25, 0.3) is 0 Å². The van der Waals surface area contributed by atoms with E-state index in [9.17, 15) is 0 Å². The number of fused-ring (bicyclic) bond motifs is 1. The van der Waals surface area contributed by atoms with E-state index in [1.165, 1.54) is 8.96 Å². The molecule has 0 bridgehead atoms. The van der Waals surface area contributed by atoms with Crippen molar-refractivity contribution < 1.29 is 21.2 Å². The van der Waals surface area contributed by atoms with Gasteiger partial charge < -0.3 is 0 Å². The molecule has 3 heteroatoms. The predicted molar refractivity (Wildman–Crippen MR) is 40.7 cm³/mol. The molecule has 0 radical (unpaired) electrons. The first kappa shape index (κ1) is 7.09. The van der Waals surface area contributed by atoms with Gasteiger partial charge in [0.1, 0.15) is 0 Å². The van der Waals surface area contributed by atoms with Crippen molar-refractivity contribution in [3.05, 3.63) is 28.1 Å². The molecule has 0 atom stereocenters. The number of alkyl halides is 1. The molecular formula is C8H8IN2-. The molecule has 0 aliphatic rings. The Morgan fingerprint density at radius 2 is 2.45 bits per heavy atom. The minimum atomic E-state index is 0.177. The third-order valence-electron chi connectivity index (χ3n) is 1.58. The van der Waals surface area contributed by atoms with Crippen LogP contribution < -0.4 is 21.2 Å². The summed E-state index contributed by atoms with van der Waals surface area (Å²) in [4.78, 5) is 9.60. The van der Waals surface area contributed by atoms with Gasteiger partial charge in [-0.3, -0.25) is 0 Å². The Morgan fingerprint density at radius 3 is 3.27 bits per heavy atom. The zero-order valence-corrected chi connectivity index (χ0v) is 8.29. The SMILES string of the molecule is C[I-]c1cnc2[nH]ccc2c1. The van der Waals surface area contributed by atoms with Crippen LogP contribution in [0.1, 0.15) is 0 Å². The summed E-state index contributed by atoms with van der Waals surface area (Å²) in [5.41, 5.74) is 0.992. The van der Waals surface area contributed by atoms with E-state index in [1.807, 2.05) is 12.4 Å². The standard InChI is InChI=1S/C8H8IN2/c1-9-7-4-6-2-3-10-8(6)11-5-7/h2-5H,1H3,(H,10,11)/q-1. The van der Waals surface area contributed by atoms with Crippen LogP contribution in [0.3, 0.4) is 0 Å². The molecular weight excluding hydrogens is 251 g/mol. The Bertz CT molecular complexity index is 367. The molecule has 11 heavy (non-hydrogen) atoms. The molecule has 0 amide bonds. The van der Waals surface area contributed by atoms with Crippen molar-refractivity contribution in [1.29, 1.82) is 0 Å². The van der Waals surface area contributed by atoms with Gasteiger partial charge in [-0.25, -0.2) is 0 Å². The Hall–Kier alpha value is -0.580. The van der Waals surface area contributed by atoms with Gasteiger partial charge in [0.05, 0.1) is 0 Å². The number of nitrogens with one attached hydrogen (secondary N) is 1. The topological polar surface area (TPSA) is 28.7 Å². The number of H-pyrrole nitrogens is 1. The van der Waals surface area contributed by atoms with Crippen molar-refractivity contribution >= 4 is 11.0 Å². The van der Waals surface area contributed by atoms with Gasteiger partial charge in [0, 0.05) is 0 Å². The van der Waals surface area contributed by atoms with Crippen molar-refractivity contribution in [3.63, 3.8) is 0 Å². The third-order valence-corrected chi connectivity index (χ3v) is 3.42. The molecule has 0 aliphatic carbocycles. The maximum atomic E-state index is 4.28. The van der Waals surface area contributed by atoms with Crippen LogP contribution in [-0.2, 0) is 0 Å². The number of rotatable bonds is 1. The van der Waals surface area contributed by atoms with Crippen LogP contribution in [0.25, 0.3) is 11.0 Å². The Kier molecular flexibility index (Phi) is 1.81. The summed E-state index contributed by atoms with van der Waals surface area (Å²) >= 11 is 0.177. The Labute approximate surface area is 75.3 Å². The van der Waals surface area contributed by atoms with Gasteiger partial charge in [-0.15, -0.1) is 0 Å². The van der Waals surface area contributed by atoms with Gasteiger partial charge in [0.2, 0.25) is 0 Å². The number of pyridine rings is 1. The normalized spacial score (nSPS) is 11.0. The number of halogens is 1. The van der Waals surface area contributed by atoms with E-state index in [1.54, 1.807) is 0 Å². The molecule has 2 aromatic rings. The molecule has 2 nitrogen and oxygen atoms in total. The van der Waals surface area contributed by atoms with Gasteiger partial charge in [-0.05, 0) is 0 Å². The van der Waals surface area contributed by atoms with E-state index >= 15 is 0 Å². The summed E-state index contributed by atoms with van der Waals surface area (Å²) in [7, 11) is 0. The molecule has 2 aromatic heterocycles. The average Bonchev–Trinajstić information content (AvgIpc) is 2.50. The minimum absolute atomic E-state index is 0.177. The molecule has 0 aliphatic heterocycles. The van der Waals surface area contributed by atoms with Crippen LogP contribution in [0.4, 0.5) is 0 Å². The number of aromatic nitrogens is 2. The third kappa shape index (κ3) is 1.24. The zero-order valence-electron chi connectivity index (χ0n) is 6.13. The Morgan fingerprint density at radius 1 is 1.55 bits per heavy atom. The molecule has 0 aromatic carbocycles. The number of hydrogen-bond acceptors (Lipinski definition) is 1. The fourth-order valence-corrected chi connectivity index (χ4v) is 2.08.